The number of fused-ring (bicyclic) bond motifs is 1. The largest absolute Gasteiger partial charge is 0.478 e. The lowest BCUT2D eigenvalue weighted by Gasteiger charge is -2.14. The van der Waals surface area contributed by atoms with Crippen LogP contribution in [-0.4, -0.2) is 22.2 Å². The second kappa shape index (κ2) is 3.38. The molecule has 0 saturated carbocycles. The van der Waals surface area contributed by atoms with E-state index in [1.54, 1.807) is 18.2 Å². The van der Waals surface area contributed by atoms with Gasteiger partial charge in [0, 0.05) is 5.57 Å². The molecule has 4 nitrogen and oxygen atoms in total. The van der Waals surface area contributed by atoms with Crippen molar-refractivity contribution in [2.24, 2.45) is 5.92 Å². The molecule has 0 fully saturated rings. The third-order valence-corrected chi connectivity index (χ3v) is 2.74. The second-order valence-electron chi connectivity index (χ2n) is 3.72. The molecule has 0 radical (unpaired) electrons. The zero-order valence-electron chi connectivity index (χ0n) is 7.93. The van der Waals surface area contributed by atoms with Gasteiger partial charge in [0.15, 0.2) is 0 Å². The Bertz CT molecular complexity index is 426. The summed E-state index contributed by atoms with van der Waals surface area (Å²) >= 11 is 0. The molecule has 2 N–H and O–H groups in total. The number of allylic oxidation sites excluding steroid dienone is 3. The zero-order chi connectivity index (χ0) is 11.0. The molecule has 0 aromatic rings. The summed E-state index contributed by atoms with van der Waals surface area (Å²) in [5.74, 6) is -1.72. The van der Waals surface area contributed by atoms with Crippen molar-refractivity contribution in [1.82, 2.24) is 0 Å². The van der Waals surface area contributed by atoms with Crippen LogP contribution in [0.3, 0.4) is 0 Å². The molecule has 0 aliphatic heterocycles. The summed E-state index contributed by atoms with van der Waals surface area (Å²) < 4.78 is 0. The summed E-state index contributed by atoms with van der Waals surface area (Å²) in [7, 11) is 0. The Labute approximate surface area is 86.2 Å². The molecule has 0 aromatic heterocycles. The van der Waals surface area contributed by atoms with Crippen molar-refractivity contribution >= 4 is 11.9 Å². The van der Waals surface area contributed by atoms with E-state index in [0.29, 0.717) is 18.4 Å². The van der Waals surface area contributed by atoms with E-state index in [0.717, 1.165) is 5.57 Å². The molecule has 0 saturated heterocycles. The predicted octanol–water partition coefficient (Wildman–Crippen LogP) is 1.36. The van der Waals surface area contributed by atoms with Crippen LogP contribution in [0.5, 0.6) is 0 Å². The minimum atomic E-state index is -0.960. The molecular formula is C11H10O4. The first-order chi connectivity index (χ1) is 7.08. The van der Waals surface area contributed by atoms with Crippen LogP contribution < -0.4 is 0 Å². The smallest absolute Gasteiger partial charge is 0.335 e. The maximum Gasteiger partial charge on any atom is 0.335 e. The maximum atomic E-state index is 10.7. The molecule has 2 aliphatic carbocycles. The highest BCUT2D eigenvalue weighted by molar-refractivity contribution is 5.92. The third-order valence-electron chi connectivity index (χ3n) is 2.74. The zero-order valence-corrected chi connectivity index (χ0v) is 7.93. The van der Waals surface area contributed by atoms with Crippen LogP contribution in [-0.2, 0) is 9.59 Å². The van der Waals surface area contributed by atoms with Gasteiger partial charge in [-0.25, -0.2) is 9.59 Å². The lowest BCUT2D eigenvalue weighted by atomic mass is 9.90. The summed E-state index contributed by atoms with van der Waals surface area (Å²) in [5.41, 5.74) is 1.45. The lowest BCUT2D eigenvalue weighted by molar-refractivity contribution is -0.133. The molecule has 1 atom stereocenters. The molecule has 2 aliphatic rings. The molecule has 0 aromatic carbocycles. The van der Waals surface area contributed by atoms with Gasteiger partial charge in [0.2, 0.25) is 0 Å². The molecule has 0 heterocycles. The molecular weight excluding hydrogens is 196 g/mol. The van der Waals surface area contributed by atoms with Crippen LogP contribution in [0.25, 0.3) is 0 Å². The van der Waals surface area contributed by atoms with Crippen LogP contribution in [0, 0.1) is 5.92 Å². The summed E-state index contributed by atoms with van der Waals surface area (Å²) in [6, 6.07) is 0. The fourth-order valence-corrected chi connectivity index (χ4v) is 1.95. The Morgan fingerprint density at radius 2 is 1.93 bits per heavy atom. The number of carbonyl (C=O) groups is 2. The molecule has 2 rings (SSSR count). The fourth-order valence-electron chi connectivity index (χ4n) is 1.95. The van der Waals surface area contributed by atoms with Gasteiger partial charge in [-0.3, -0.25) is 0 Å². The van der Waals surface area contributed by atoms with E-state index in [1.807, 2.05) is 0 Å². The number of carboxylic acid groups (broad SMARTS) is 2. The molecule has 0 bridgehead atoms. The fraction of sp³-hybridized carbons (Fsp3) is 0.273. The number of aliphatic carboxylic acids is 2. The number of rotatable bonds is 2. The topological polar surface area (TPSA) is 74.6 Å². The van der Waals surface area contributed by atoms with E-state index in [4.69, 9.17) is 10.2 Å². The highest BCUT2D eigenvalue weighted by atomic mass is 16.4. The van der Waals surface area contributed by atoms with Crippen LogP contribution in [0.15, 0.2) is 34.9 Å². The van der Waals surface area contributed by atoms with Gasteiger partial charge in [-0.2, -0.15) is 0 Å². The minimum Gasteiger partial charge on any atom is -0.478 e. The van der Waals surface area contributed by atoms with Crippen molar-refractivity contribution in [2.45, 2.75) is 12.8 Å². The Kier molecular flexibility index (Phi) is 2.19. The average Bonchev–Trinajstić information content (AvgIpc) is 2.59. The summed E-state index contributed by atoms with van der Waals surface area (Å²) in [6.07, 6.45) is 5.91. The first kappa shape index (κ1) is 9.71. The Hall–Kier alpha value is -1.84. The van der Waals surface area contributed by atoms with Crippen molar-refractivity contribution in [3.05, 3.63) is 34.9 Å². The van der Waals surface area contributed by atoms with Crippen LogP contribution in [0.2, 0.25) is 0 Å². The number of hydrogen-bond acceptors (Lipinski definition) is 2. The highest BCUT2D eigenvalue weighted by Crippen LogP contribution is 2.36. The van der Waals surface area contributed by atoms with Crippen LogP contribution >= 0.6 is 0 Å². The van der Waals surface area contributed by atoms with Crippen LogP contribution in [0.4, 0.5) is 0 Å². The van der Waals surface area contributed by atoms with Crippen LogP contribution in [0.1, 0.15) is 12.8 Å². The Morgan fingerprint density at radius 1 is 1.20 bits per heavy atom. The van der Waals surface area contributed by atoms with E-state index >= 15 is 0 Å². The average molecular weight is 206 g/mol. The van der Waals surface area contributed by atoms with Gasteiger partial charge in [0.25, 0.3) is 0 Å². The standard InChI is InChI=1S/C11H10O4/c12-10(13)7-2-1-6-3-9(11(14)15)5-8(6)4-7/h2,4-6H,1,3H2,(H,12,13)(H,14,15). The molecule has 1 unspecified atom stereocenters. The molecule has 15 heavy (non-hydrogen) atoms. The normalized spacial score (nSPS) is 23.7. The van der Waals surface area contributed by atoms with Gasteiger partial charge >= 0.3 is 11.9 Å². The predicted molar refractivity (Wildman–Crippen MR) is 52.2 cm³/mol. The summed E-state index contributed by atoms with van der Waals surface area (Å²) in [4.78, 5) is 21.4. The van der Waals surface area contributed by atoms with Crippen molar-refractivity contribution in [3.63, 3.8) is 0 Å². The van der Waals surface area contributed by atoms with Crippen molar-refractivity contribution in [1.29, 1.82) is 0 Å². The molecule has 0 amide bonds. The second-order valence-corrected chi connectivity index (χ2v) is 3.72. The summed E-state index contributed by atoms with van der Waals surface area (Å²) in [5, 5.41) is 17.6. The van der Waals surface area contributed by atoms with E-state index in [-0.39, 0.29) is 11.5 Å². The molecule has 4 heteroatoms. The summed E-state index contributed by atoms with van der Waals surface area (Å²) in [6.45, 7) is 0. The quantitative estimate of drug-likeness (QED) is 0.715. The van der Waals surface area contributed by atoms with Crippen molar-refractivity contribution < 1.29 is 19.8 Å². The van der Waals surface area contributed by atoms with Crippen molar-refractivity contribution in [3.8, 4) is 0 Å². The van der Waals surface area contributed by atoms with Crippen molar-refractivity contribution in [2.75, 3.05) is 0 Å². The molecule has 0 spiro atoms. The molecule has 78 valence electrons. The first-order valence-corrected chi connectivity index (χ1v) is 4.67. The Morgan fingerprint density at radius 3 is 2.53 bits per heavy atom. The van der Waals surface area contributed by atoms with E-state index in [9.17, 15) is 9.59 Å². The number of hydrogen-bond donors (Lipinski definition) is 2. The van der Waals surface area contributed by atoms with E-state index in [2.05, 4.69) is 0 Å². The van der Waals surface area contributed by atoms with E-state index < -0.39 is 11.9 Å². The van der Waals surface area contributed by atoms with Gasteiger partial charge < -0.3 is 10.2 Å². The maximum absolute atomic E-state index is 10.7. The van der Waals surface area contributed by atoms with Gasteiger partial charge in [0.05, 0.1) is 5.57 Å². The minimum absolute atomic E-state index is 0.152. The van der Waals surface area contributed by atoms with Gasteiger partial charge in [-0.05, 0) is 36.5 Å². The van der Waals surface area contributed by atoms with Gasteiger partial charge in [-0.1, -0.05) is 6.08 Å². The lowest BCUT2D eigenvalue weighted by Crippen LogP contribution is -2.08. The highest BCUT2D eigenvalue weighted by Gasteiger charge is 2.28. The SMILES string of the molecule is O=C(O)C1=CCC2CC(C(=O)O)=CC2=C1. The third kappa shape index (κ3) is 1.70. The van der Waals surface area contributed by atoms with Gasteiger partial charge in [-0.15, -0.1) is 0 Å². The van der Waals surface area contributed by atoms with Gasteiger partial charge in [0.1, 0.15) is 0 Å². The monoisotopic (exact) mass is 206 g/mol. The Balaban J connectivity index is 2.28. The first-order valence-electron chi connectivity index (χ1n) is 4.67. The van der Waals surface area contributed by atoms with E-state index in [1.165, 1.54) is 0 Å². The number of carboxylic acids is 2.